The van der Waals surface area contributed by atoms with Gasteiger partial charge >= 0.3 is 0 Å². The lowest BCUT2D eigenvalue weighted by molar-refractivity contribution is 0.581. The van der Waals surface area contributed by atoms with E-state index in [1.807, 2.05) is 6.07 Å². The molecule has 0 amide bonds. The molecule has 1 aromatic carbocycles. The Morgan fingerprint density at radius 3 is 2.67 bits per heavy atom. The van der Waals surface area contributed by atoms with Crippen molar-refractivity contribution < 1.29 is 8.78 Å². The minimum atomic E-state index is -0.469. The fourth-order valence-corrected chi connectivity index (χ4v) is 1.64. The first-order chi connectivity index (χ1) is 9.69. The van der Waals surface area contributed by atoms with Crippen molar-refractivity contribution in [1.82, 2.24) is 20.8 Å². The zero-order chi connectivity index (χ0) is 14.4. The van der Waals surface area contributed by atoms with Gasteiger partial charge in [0.2, 0.25) is 0 Å². The molecule has 21 heavy (non-hydrogen) atoms. The number of nitrogens with zero attached hydrogens (tertiary/aromatic N) is 2. The first-order valence-corrected chi connectivity index (χ1v) is 6.05. The van der Waals surface area contributed by atoms with Gasteiger partial charge in [-0.1, -0.05) is 0 Å². The van der Waals surface area contributed by atoms with Gasteiger partial charge < -0.3 is 10.6 Å². The molecule has 8 heteroatoms. The molecule has 1 heterocycles. The maximum atomic E-state index is 13.5. The van der Waals surface area contributed by atoms with Crippen molar-refractivity contribution in [3.05, 3.63) is 53.4 Å². The Bertz CT molecular complexity index is 586. The van der Waals surface area contributed by atoms with Gasteiger partial charge in [0, 0.05) is 25.4 Å². The van der Waals surface area contributed by atoms with Crippen molar-refractivity contribution >= 4 is 29.9 Å². The van der Waals surface area contributed by atoms with Gasteiger partial charge in [0.1, 0.15) is 11.6 Å². The van der Waals surface area contributed by atoms with Crippen LogP contribution < -0.4 is 10.6 Å². The summed E-state index contributed by atoms with van der Waals surface area (Å²) in [5.74, 6) is -0.435. The van der Waals surface area contributed by atoms with Gasteiger partial charge in [0.15, 0.2) is 5.96 Å². The molecule has 0 saturated heterocycles. The molecule has 1 aromatic heterocycles. The first-order valence-electron chi connectivity index (χ1n) is 6.05. The van der Waals surface area contributed by atoms with Crippen LogP contribution in [0.25, 0.3) is 0 Å². The third-order valence-electron chi connectivity index (χ3n) is 2.68. The highest BCUT2D eigenvalue weighted by molar-refractivity contribution is 14.0. The van der Waals surface area contributed by atoms with E-state index >= 15 is 0 Å². The van der Waals surface area contributed by atoms with Crippen LogP contribution in [0.1, 0.15) is 11.3 Å². The third kappa shape index (κ3) is 5.29. The van der Waals surface area contributed by atoms with Crippen molar-refractivity contribution in [2.24, 2.45) is 4.99 Å². The number of aromatic nitrogens is 2. The van der Waals surface area contributed by atoms with Crippen LogP contribution in [0.2, 0.25) is 0 Å². The zero-order valence-electron chi connectivity index (χ0n) is 11.4. The predicted octanol–water partition coefficient (Wildman–Crippen LogP) is 2.17. The van der Waals surface area contributed by atoms with Crippen LogP contribution in [-0.2, 0) is 13.1 Å². The van der Waals surface area contributed by atoms with E-state index in [0.717, 1.165) is 23.9 Å². The minimum absolute atomic E-state index is 0. The maximum Gasteiger partial charge on any atom is 0.191 e. The van der Waals surface area contributed by atoms with Crippen molar-refractivity contribution in [2.75, 3.05) is 7.05 Å². The van der Waals surface area contributed by atoms with E-state index in [4.69, 9.17) is 0 Å². The Balaban J connectivity index is 0.00000220. The van der Waals surface area contributed by atoms with Crippen LogP contribution in [0, 0.1) is 11.6 Å². The number of halogens is 3. The predicted molar refractivity (Wildman–Crippen MR) is 87.4 cm³/mol. The van der Waals surface area contributed by atoms with Crippen molar-refractivity contribution in [3.8, 4) is 0 Å². The van der Waals surface area contributed by atoms with Gasteiger partial charge in [-0.15, -0.1) is 24.0 Å². The Morgan fingerprint density at radius 2 is 2.00 bits per heavy atom. The molecule has 0 unspecified atom stereocenters. The molecule has 0 aliphatic heterocycles. The highest BCUT2D eigenvalue weighted by Crippen LogP contribution is 2.09. The van der Waals surface area contributed by atoms with Gasteiger partial charge in [-0.3, -0.25) is 10.1 Å². The minimum Gasteiger partial charge on any atom is -0.352 e. The Labute approximate surface area is 138 Å². The number of aliphatic imine (C=N–C) groups is 1. The molecule has 2 aromatic rings. The van der Waals surface area contributed by atoms with E-state index in [-0.39, 0.29) is 36.1 Å². The highest BCUT2D eigenvalue weighted by Gasteiger charge is 2.05. The Hall–Kier alpha value is -1.71. The van der Waals surface area contributed by atoms with E-state index in [9.17, 15) is 8.78 Å². The van der Waals surface area contributed by atoms with Gasteiger partial charge in [-0.2, -0.15) is 5.10 Å². The number of nitrogens with one attached hydrogen (secondary N) is 3. The van der Waals surface area contributed by atoms with Gasteiger partial charge in [-0.05, 0) is 24.3 Å². The van der Waals surface area contributed by atoms with Crippen LogP contribution in [0.3, 0.4) is 0 Å². The number of benzene rings is 1. The molecule has 114 valence electrons. The van der Waals surface area contributed by atoms with Crippen molar-refractivity contribution in [2.45, 2.75) is 13.1 Å². The topological polar surface area (TPSA) is 65.1 Å². The molecule has 0 saturated carbocycles. The largest absolute Gasteiger partial charge is 0.352 e. The summed E-state index contributed by atoms with van der Waals surface area (Å²) in [6.45, 7) is 0.650. The average Bonchev–Trinajstić information content (AvgIpc) is 2.96. The molecular weight excluding hydrogens is 391 g/mol. The summed E-state index contributed by atoms with van der Waals surface area (Å²) < 4.78 is 26.5. The molecule has 0 bridgehead atoms. The fourth-order valence-electron chi connectivity index (χ4n) is 1.64. The summed E-state index contributed by atoms with van der Waals surface area (Å²) in [7, 11) is 1.60. The van der Waals surface area contributed by atoms with Gasteiger partial charge in [-0.25, -0.2) is 8.78 Å². The first kappa shape index (κ1) is 17.3. The molecule has 0 radical (unpaired) electrons. The summed E-state index contributed by atoms with van der Waals surface area (Å²) in [5, 5.41) is 12.6. The highest BCUT2D eigenvalue weighted by atomic mass is 127. The average molecular weight is 407 g/mol. The molecule has 5 nitrogen and oxygen atoms in total. The SMILES string of the molecule is CN=C(NCc1ccn[nH]1)NCc1cc(F)ccc1F.I. The standard InChI is InChI=1S/C13H15F2N5.HI/c1-16-13(18-8-11-4-5-19-20-11)17-7-9-6-10(14)2-3-12(9)15;/h2-6H,7-8H2,1H3,(H,19,20)(H2,16,17,18);1H. The summed E-state index contributed by atoms with van der Waals surface area (Å²) in [4.78, 5) is 4.00. The van der Waals surface area contributed by atoms with Crippen LogP contribution in [0.4, 0.5) is 8.78 Å². The van der Waals surface area contributed by atoms with Crippen LogP contribution >= 0.6 is 24.0 Å². The number of aromatic amines is 1. The van der Waals surface area contributed by atoms with Crippen LogP contribution in [0.5, 0.6) is 0 Å². The second-order valence-corrected chi connectivity index (χ2v) is 4.10. The summed E-state index contributed by atoms with van der Waals surface area (Å²) >= 11 is 0. The molecule has 3 N–H and O–H groups in total. The lowest BCUT2D eigenvalue weighted by Gasteiger charge is -2.11. The molecule has 2 rings (SSSR count). The smallest absolute Gasteiger partial charge is 0.191 e. The van der Waals surface area contributed by atoms with E-state index in [1.54, 1.807) is 13.2 Å². The Morgan fingerprint density at radius 1 is 1.24 bits per heavy atom. The maximum absolute atomic E-state index is 13.5. The van der Waals surface area contributed by atoms with E-state index in [2.05, 4.69) is 25.8 Å². The second kappa shape index (κ2) is 8.55. The number of guanidine groups is 1. The number of hydrogen-bond donors (Lipinski definition) is 3. The van der Waals surface area contributed by atoms with Crippen molar-refractivity contribution in [3.63, 3.8) is 0 Å². The molecule has 0 aliphatic rings. The normalized spacial score (nSPS) is 10.9. The monoisotopic (exact) mass is 407 g/mol. The van der Waals surface area contributed by atoms with E-state index < -0.39 is 11.6 Å². The second-order valence-electron chi connectivity index (χ2n) is 4.10. The molecule has 0 spiro atoms. The van der Waals surface area contributed by atoms with Crippen molar-refractivity contribution in [1.29, 1.82) is 0 Å². The van der Waals surface area contributed by atoms with Crippen LogP contribution in [-0.4, -0.2) is 23.2 Å². The van der Waals surface area contributed by atoms with Gasteiger partial charge in [0.05, 0.1) is 12.2 Å². The van der Waals surface area contributed by atoms with E-state index in [1.165, 1.54) is 0 Å². The summed E-state index contributed by atoms with van der Waals surface area (Å²) in [5.41, 5.74) is 1.14. The molecule has 0 fully saturated rings. The lowest BCUT2D eigenvalue weighted by Crippen LogP contribution is -2.36. The Kier molecular flexibility index (Phi) is 7.06. The summed E-state index contributed by atoms with van der Waals surface area (Å²) in [6.07, 6.45) is 1.65. The molecule has 0 atom stereocenters. The quantitative estimate of drug-likeness (QED) is 0.414. The van der Waals surface area contributed by atoms with Gasteiger partial charge in [0.25, 0.3) is 0 Å². The summed E-state index contributed by atoms with van der Waals surface area (Å²) in [6, 6.07) is 5.17. The molecule has 0 aliphatic carbocycles. The number of hydrogen-bond acceptors (Lipinski definition) is 2. The lowest BCUT2D eigenvalue weighted by atomic mass is 10.2. The fraction of sp³-hybridized carbons (Fsp3) is 0.231. The number of rotatable bonds is 4. The number of H-pyrrole nitrogens is 1. The zero-order valence-corrected chi connectivity index (χ0v) is 13.7. The molecular formula is C13H16F2IN5. The van der Waals surface area contributed by atoms with E-state index in [0.29, 0.717) is 12.5 Å². The third-order valence-corrected chi connectivity index (χ3v) is 2.68. The van der Waals surface area contributed by atoms with Crippen LogP contribution in [0.15, 0.2) is 35.5 Å².